The molecule has 0 amide bonds. The molecular weight excluding hydrogens is 276 g/mol. The number of halogens is 1. The zero-order valence-corrected chi connectivity index (χ0v) is 12.1. The summed E-state index contributed by atoms with van der Waals surface area (Å²) >= 11 is 5.93. The van der Waals surface area contributed by atoms with Crippen LogP contribution in [0, 0.1) is 6.92 Å². The van der Waals surface area contributed by atoms with Gasteiger partial charge in [-0.05, 0) is 31.5 Å². The van der Waals surface area contributed by atoms with Gasteiger partial charge < -0.3 is 10.8 Å². The summed E-state index contributed by atoms with van der Waals surface area (Å²) < 4.78 is 25.6. The van der Waals surface area contributed by atoms with Crippen LogP contribution in [0.4, 0.5) is 5.69 Å². The van der Waals surface area contributed by atoms with Crippen molar-refractivity contribution in [3.63, 3.8) is 0 Å². The highest BCUT2D eigenvalue weighted by Gasteiger charge is 2.26. The number of hydrogen-bond acceptors (Lipinski definition) is 4. The van der Waals surface area contributed by atoms with Crippen LogP contribution >= 0.6 is 11.6 Å². The number of nitrogens with two attached hydrogens (primary N) is 1. The van der Waals surface area contributed by atoms with Gasteiger partial charge in [-0.15, -0.1) is 0 Å². The minimum atomic E-state index is -3.70. The molecule has 18 heavy (non-hydrogen) atoms. The van der Waals surface area contributed by atoms with E-state index in [1.807, 2.05) is 0 Å². The van der Waals surface area contributed by atoms with Crippen LogP contribution in [0.3, 0.4) is 0 Å². The van der Waals surface area contributed by atoms with Gasteiger partial charge in [0, 0.05) is 23.8 Å². The van der Waals surface area contributed by atoms with E-state index in [0.717, 1.165) is 4.31 Å². The molecule has 0 heterocycles. The van der Waals surface area contributed by atoms with Crippen LogP contribution in [-0.2, 0) is 10.0 Å². The Morgan fingerprint density at radius 2 is 2.06 bits per heavy atom. The Balaban J connectivity index is 3.29. The molecule has 0 radical (unpaired) electrons. The fourth-order valence-corrected chi connectivity index (χ4v) is 3.05. The van der Waals surface area contributed by atoms with E-state index in [1.54, 1.807) is 13.8 Å². The Hall–Kier alpha value is -0.820. The molecule has 0 bridgehead atoms. The standard InChI is InChI=1S/C11H17ClN2O3S/c1-7(6-15)14(3)18(16,17)9-4-10(12)8(2)11(13)5-9/h4-5,7,15H,6,13H2,1-3H3. The Morgan fingerprint density at radius 1 is 1.50 bits per heavy atom. The lowest BCUT2D eigenvalue weighted by molar-refractivity contribution is 0.214. The summed E-state index contributed by atoms with van der Waals surface area (Å²) in [4.78, 5) is 0.0263. The maximum atomic E-state index is 12.2. The molecule has 102 valence electrons. The first-order valence-electron chi connectivity index (χ1n) is 5.36. The van der Waals surface area contributed by atoms with Gasteiger partial charge in [-0.25, -0.2) is 8.42 Å². The minimum absolute atomic E-state index is 0.0263. The summed E-state index contributed by atoms with van der Waals surface area (Å²) in [6.45, 7) is 3.07. The maximum absolute atomic E-state index is 12.2. The third-order valence-electron chi connectivity index (χ3n) is 2.92. The highest BCUT2D eigenvalue weighted by molar-refractivity contribution is 7.89. The van der Waals surface area contributed by atoms with E-state index in [-0.39, 0.29) is 11.5 Å². The Bertz CT molecular complexity index is 522. The molecule has 0 aliphatic heterocycles. The molecule has 1 aromatic rings. The van der Waals surface area contributed by atoms with Gasteiger partial charge in [0.2, 0.25) is 10.0 Å². The lowest BCUT2D eigenvalue weighted by Gasteiger charge is -2.23. The predicted octanol–water partition coefficient (Wildman–Crippen LogP) is 1.23. The quantitative estimate of drug-likeness (QED) is 0.818. The first kappa shape index (κ1) is 15.2. The number of likely N-dealkylation sites (N-methyl/N-ethyl adjacent to an activating group) is 1. The smallest absolute Gasteiger partial charge is 0.243 e. The van der Waals surface area contributed by atoms with Gasteiger partial charge in [-0.1, -0.05) is 11.6 Å². The molecule has 1 unspecified atom stereocenters. The average molecular weight is 293 g/mol. The van der Waals surface area contributed by atoms with Crippen LogP contribution in [0.5, 0.6) is 0 Å². The van der Waals surface area contributed by atoms with Crippen molar-refractivity contribution in [1.82, 2.24) is 4.31 Å². The monoisotopic (exact) mass is 292 g/mol. The van der Waals surface area contributed by atoms with Crippen LogP contribution in [-0.4, -0.2) is 37.5 Å². The number of rotatable bonds is 4. The molecule has 0 spiro atoms. The Morgan fingerprint density at radius 3 is 2.50 bits per heavy atom. The van der Waals surface area contributed by atoms with Crippen LogP contribution in [0.2, 0.25) is 5.02 Å². The third-order valence-corrected chi connectivity index (χ3v) is 5.26. The van der Waals surface area contributed by atoms with E-state index < -0.39 is 16.1 Å². The number of aliphatic hydroxyl groups excluding tert-OH is 1. The van der Waals surface area contributed by atoms with Gasteiger partial charge in [0.05, 0.1) is 11.5 Å². The molecule has 0 fully saturated rings. The van der Waals surface area contributed by atoms with Crippen molar-refractivity contribution in [3.05, 3.63) is 22.7 Å². The second kappa shape index (κ2) is 5.44. The van der Waals surface area contributed by atoms with Gasteiger partial charge in [0.25, 0.3) is 0 Å². The van der Waals surface area contributed by atoms with E-state index in [2.05, 4.69) is 0 Å². The van der Waals surface area contributed by atoms with Crippen LogP contribution < -0.4 is 5.73 Å². The summed E-state index contributed by atoms with van der Waals surface area (Å²) in [7, 11) is -2.30. The van der Waals surface area contributed by atoms with E-state index in [9.17, 15) is 8.42 Å². The minimum Gasteiger partial charge on any atom is -0.398 e. The lowest BCUT2D eigenvalue weighted by atomic mass is 10.2. The topological polar surface area (TPSA) is 83.6 Å². The highest BCUT2D eigenvalue weighted by atomic mass is 35.5. The molecule has 5 nitrogen and oxygen atoms in total. The molecule has 1 atom stereocenters. The number of aliphatic hydroxyl groups is 1. The van der Waals surface area contributed by atoms with Crippen molar-refractivity contribution in [2.24, 2.45) is 0 Å². The number of nitrogens with zero attached hydrogens (tertiary/aromatic N) is 1. The molecule has 0 saturated heterocycles. The molecule has 0 aliphatic rings. The highest BCUT2D eigenvalue weighted by Crippen LogP contribution is 2.27. The van der Waals surface area contributed by atoms with Crippen molar-refractivity contribution in [3.8, 4) is 0 Å². The van der Waals surface area contributed by atoms with E-state index >= 15 is 0 Å². The van der Waals surface area contributed by atoms with Gasteiger partial charge in [0.15, 0.2) is 0 Å². The predicted molar refractivity (Wildman–Crippen MR) is 72.1 cm³/mol. The maximum Gasteiger partial charge on any atom is 0.243 e. The Kier molecular flexibility index (Phi) is 4.61. The summed E-state index contributed by atoms with van der Waals surface area (Å²) in [5.74, 6) is 0. The van der Waals surface area contributed by atoms with Crippen molar-refractivity contribution in [2.45, 2.75) is 24.8 Å². The summed E-state index contributed by atoms with van der Waals surface area (Å²) in [6.07, 6.45) is 0. The molecule has 0 aliphatic carbocycles. The van der Waals surface area contributed by atoms with Gasteiger partial charge in [-0.3, -0.25) is 0 Å². The number of benzene rings is 1. The van der Waals surface area contributed by atoms with Crippen LogP contribution in [0.1, 0.15) is 12.5 Å². The second-order valence-corrected chi connectivity index (χ2v) is 6.58. The largest absolute Gasteiger partial charge is 0.398 e. The van der Waals surface area contributed by atoms with Crippen molar-refractivity contribution < 1.29 is 13.5 Å². The van der Waals surface area contributed by atoms with Crippen molar-refractivity contribution >= 4 is 27.3 Å². The molecule has 0 aromatic heterocycles. The molecule has 1 aromatic carbocycles. The first-order valence-corrected chi connectivity index (χ1v) is 7.18. The summed E-state index contributed by atoms with van der Waals surface area (Å²) in [5, 5.41) is 9.32. The van der Waals surface area contributed by atoms with E-state index in [4.69, 9.17) is 22.4 Å². The molecule has 3 N–H and O–H groups in total. The zero-order valence-electron chi connectivity index (χ0n) is 10.5. The van der Waals surface area contributed by atoms with Crippen molar-refractivity contribution in [2.75, 3.05) is 19.4 Å². The number of hydrogen-bond donors (Lipinski definition) is 2. The van der Waals surface area contributed by atoms with Crippen molar-refractivity contribution in [1.29, 1.82) is 0 Å². The normalized spacial score (nSPS) is 13.9. The fourth-order valence-electron chi connectivity index (χ4n) is 1.34. The number of nitrogen functional groups attached to an aromatic ring is 1. The second-order valence-electron chi connectivity index (χ2n) is 4.17. The molecule has 0 saturated carbocycles. The first-order chi connectivity index (χ1) is 8.21. The van der Waals surface area contributed by atoms with Crippen LogP contribution in [0.25, 0.3) is 0 Å². The molecular formula is C11H17ClN2O3S. The fraction of sp³-hybridized carbons (Fsp3) is 0.455. The SMILES string of the molecule is Cc1c(N)cc(S(=O)(=O)N(C)C(C)CO)cc1Cl. The zero-order chi connectivity index (χ0) is 14.1. The third kappa shape index (κ3) is 2.77. The summed E-state index contributed by atoms with van der Waals surface area (Å²) in [6, 6.07) is 2.22. The lowest BCUT2D eigenvalue weighted by Crippen LogP contribution is -2.37. The van der Waals surface area contributed by atoms with Gasteiger partial charge in [0.1, 0.15) is 0 Å². The molecule has 1 rings (SSSR count). The number of anilines is 1. The molecule has 7 heteroatoms. The Labute approximate surface area is 112 Å². The van der Waals surface area contributed by atoms with Crippen LogP contribution in [0.15, 0.2) is 17.0 Å². The van der Waals surface area contributed by atoms with Gasteiger partial charge >= 0.3 is 0 Å². The van der Waals surface area contributed by atoms with E-state index in [1.165, 1.54) is 19.2 Å². The van der Waals surface area contributed by atoms with E-state index in [0.29, 0.717) is 16.3 Å². The summed E-state index contributed by atoms with van der Waals surface area (Å²) in [5.41, 5.74) is 6.68. The van der Waals surface area contributed by atoms with Gasteiger partial charge in [-0.2, -0.15) is 4.31 Å². The number of sulfonamides is 1. The average Bonchev–Trinajstić information content (AvgIpc) is 2.33.